The summed E-state index contributed by atoms with van der Waals surface area (Å²) < 4.78 is 15.0. The summed E-state index contributed by atoms with van der Waals surface area (Å²) >= 11 is 0. The zero-order valence-corrected chi connectivity index (χ0v) is 15.9. The van der Waals surface area contributed by atoms with Crippen molar-refractivity contribution in [3.05, 3.63) is 76.7 Å². The van der Waals surface area contributed by atoms with Crippen LogP contribution < -0.4 is 5.32 Å². The molecular weight excluding hydrogens is 355 g/mol. The molecule has 6 nitrogen and oxygen atoms in total. The van der Waals surface area contributed by atoms with E-state index in [0.717, 1.165) is 35.3 Å². The lowest BCUT2D eigenvalue weighted by molar-refractivity contribution is 0.624. The van der Waals surface area contributed by atoms with Gasteiger partial charge in [-0.15, -0.1) is 10.2 Å². The van der Waals surface area contributed by atoms with Crippen LogP contribution in [0.25, 0.3) is 11.0 Å². The van der Waals surface area contributed by atoms with E-state index in [1.54, 1.807) is 16.8 Å². The highest BCUT2D eigenvalue weighted by Crippen LogP contribution is 2.22. The number of halogens is 1. The molecule has 0 unspecified atom stereocenters. The van der Waals surface area contributed by atoms with Gasteiger partial charge >= 0.3 is 0 Å². The molecule has 0 atom stereocenters. The van der Waals surface area contributed by atoms with Crippen molar-refractivity contribution in [2.45, 2.75) is 26.8 Å². The molecule has 0 aliphatic rings. The maximum Gasteiger partial charge on any atom is 0.176 e. The van der Waals surface area contributed by atoms with Crippen LogP contribution in [0.3, 0.4) is 0 Å². The Morgan fingerprint density at radius 3 is 2.54 bits per heavy atom. The lowest BCUT2D eigenvalue weighted by Crippen LogP contribution is -2.11. The lowest BCUT2D eigenvalue weighted by atomic mass is 10.1. The van der Waals surface area contributed by atoms with E-state index in [0.29, 0.717) is 12.4 Å². The van der Waals surface area contributed by atoms with Crippen molar-refractivity contribution in [2.24, 2.45) is 0 Å². The fraction of sp³-hybridized carbons (Fsp3) is 0.238. The van der Waals surface area contributed by atoms with E-state index in [4.69, 9.17) is 0 Å². The molecule has 0 bridgehead atoms. The van der Waals surface area contributed by atoms with Crippen LogP contribution in [-0.2, 0) is 13.0 Å². The largest absolute Gasteiger partial charge is 0.366 e. The number of aromatic nitrogens is 5. The molecule has 0 aliphatic heterocycles. The fourth-order valence-electron chi connectivity index (χ4n) is 3.21. The number of benzene rings is 2. The first-order valence-electron chi connectivity index (χ1n) is 9.21. The Kier molecular flexibility index (Phi) is 4.97. The Morgan fingerprint density at radius 1 is 0.964 bits per heavy atom. The van der Waals surface area contributed by atoms with Gasteiger partial charge in [-0.05, 0) is 49.1 Å². The molecule has 2 aromatic heterocycles. The molecule has 2 aromatic carbocycles. The molecule has 7 heteroatoms. The van der Waals surface area contributed by atoms with Crippen LogP contribution in [0.4, 0.5) is 10.2 Å². The molecule has 1 N–H and O–H groups in total. The van der Waals surface area contributed by atoms with Gasteiger partial charge in [-0.1, -0.05) is 41.6 Å². The number of hydrogen-bond donors (Lipinski definition) is 1. The van der Waals surface area contributed by atoms with Crippen LogP contribution in [0.15, 0.2) is 48.5 Å². The second-order valence-corrected chi connectivity index (χ2v) is 6.81. The summed E-state index contributed by atoms with van der Waals surface area (Å²) in [6.45, 7) is 5.18. The number of hydrogen-bond acceptors (Lipinski definition) is 5. The summed E-state index contributed by atoms with van der Waals surface area (Å²) in [7, 11) is 0. The predicted octanol–water partition coefficient (Wildman–Crippen LogP) is 3.68. The first-order chi connectivity index (χ1) is 13.6. The van der Waals surface area contributed by atoms with Crippen molar-refractivity contribution in [1.82, 2.24) is 25.2 Å². The molecule has 0 amide bonds. The molecule has 0 radical (unpaired) electrons. The van der Waals surface area contributed by atoms with E-state index in [1.807, 2.05) is 19.1 Å². The van der Waals surface area contributed by atoms with E-state index >= 15 is 0 Å². The summed E-state index contributed by atoms with van der Waals surface area (Å²) in [6.07, 6.45) is 0.878. The molecule has 0 fully saturated rings. The number of fused-ring (bicyclic) bond motifs is 1. The van der Waals surface area contributed by atoms with Gasteiger partial charge in [0.1, 0.15) is 16.9 Å². The van der Waals surface area contributed by atoms with Crippen molar-refractivity contribution in [2.75, 3.05) is 11.9 Å². The molecule has 28 heavy (non-hydrogen) atoms. The minimum atomic E-state index is -0.257. The first kappa shape index (κ1) is 18.0. The van der Waals surface area contributed by atoms with Crippen LogP contribution in [0.1, 0.15) is 22.4 Å². The average Bonchev–Trinajstić information content (AvgIpc) is 3.12. The number of aryl methyl sites for hydroxylation is 2. The van der Waals surface area contributed by atoms with Crippen molar-refractivity contribution >= 4 is 16.9 Å². The van der Waals surface area contributed by atoms with Crippen molar-refractivity contribution < 1.29 is 4.39 Å². The molecule has 2 heterocycles. The van der Waals surface area contributed by atoms with Crippen LogP contribution >= 0.6 is 0 Å². The number of rotatable bonds is 6. The molecule has 4 aromatic rings. The number of nitrogens with zero attached hydrogens (tertiary/aromatic N) is 5. The molecule has 4 rings (SSSR count). The van der Waals surface area contributed by atoms with Gasteiger partial charge in [0.05, 0.1) is 12.2 Å². The van der Waals surface area contributed by atoms with Crippen LogP contribution in [-0.4, -0.2) is 31.7 Å². The molecule has 0 saturated heterocycles. The third-order valence-corrected chi connectivity index (χ3v) is 4.80. The van der Waals surface area contributed by atoms with E-state index < -0.39 is 0 Å². The van der Waals surface area contributed by atoms with Crippen molar-refractivity contribution in [3.8, 4) is 0 Å². The Bertz CT molecular complexity index is 1100. The molecule has 0 spiro atoms. The van der Waals surface area contributed by atoms with Crippen molar-refractivity contribution in [3.63, 3.8) is 0 Å². The van der Waals surface area contributed by atoms with Crippen LogP contribution in [0.2, 0.25) is 0 Å². The maximum atomic E-state index is 13.2. The van der Waals surface area contributed by atoms with Gasteiger partial charge in [-0.2, -0.15) is 5.10 Å². The summed E-state index contributed by atoms with van der Waals surface area (Å²) in [5.74, 6) is 0.397. The normalized spacial score (nSPS) is 11.1. The van der Waals surface area contributed by atoms with Gasteiger partial charge in [-0.25, -0.2) is 9.07 Å². The fourth-order valence-corrected chi connectivity index (χ4v) is 3.21. The maximum absolute atomic E-state index is 13.2. The molecular formula is C21H21FN6. The number of nitrogens with one attached hydrogen (secondary N) is 1. The number of anilines is 1. The first-order valence-corrected chi connectivity index (χ1v) is 9.21. The topological polar surface area (TPSA) is 68.5 Å². The van der Waals surface area contributed by atoms with Gasteiger partial charge in [0.15, 0.2) is 5.82 Å². The molecule has 0 saturated carbocycles. The second kappa shape index (κ2) is 7.72. The zero-order valence-electron chi connectivity index (χ0n) is 15.9. The van der Waals surface area contributed by atoms with Gasteiger partial charge in [0.2, 0.25) is 0 Å². The summed E-state index contributed by atoms with van der Waals surface area (Å²) in [5, 5.41) is 20.4. The van der Waals surface area contributed by atoms with E-state index in [9.17, 15) is 4.39 Å². The van der Waals surface area contributed by atoms with Crippen LogP contribution in [0, 0.1) is 19.7 Å². The monoisotopic (exact) mass is 376 g/mol. The summed E-state index contributed by atoms with van der Waals surface area (Å²) in [6, 6.07) is 14.7. The predicted molar refractivity (Wildman–Crippen MR) is 107 cm³/mol. The molecule has 0 aliphatic carbocycles. The SMILES string of the molecule is Cc1ccccc1CCNc1nnc(C)c2nnn(Cc3ccc(F)cc3)c12. The minimum Gasteiger partial charge on any atom is -0.366 e. The highest BCUT2D eigenvalue weighted by atomic mass is 19.1. The Balaban J connectivity index is 1.59. The van der Waals surface area contributed by atoms with Gasteiger partial charge in [-0.3, -0.25) is 0 Å². The summed E-state index contributed by atoms with van der Waals surface area (Å²) in [5.41, 5.74) is 5.76. The van der Waals surface area contributed by atoms with E-state index in [1.165, 1.54) is 23.3 Å². The van der Waals surface area contributed by atoms with Crippen LogP contribution in [0.5, 0.6) is 0 Å². The minimum absolute atomic E-state index is 0.257. The smallest absolute Gasteiger partial charge is 0.176 e. The Morgan fingerprint density at radius 2 is 1.75 bits per heavy atom. The Labute approximate surface area is 162 Å². The third kappa shape index (κ3) is 3.69. The lowest BCUT2D eigenvalue weighted by Gasteiger charge is -2.10. The quantitative estimate of drug-likeness (QED) is 0.556. The average molecular weight is 376 g/mol. The zero-order chi connectivity index (χ0) is 19.5. The van der Waals surface area contributed by atoms with E-state index in [-0.39, 0.29) is 5.82 Å². The van der Waals surface area contributed by atoms with Crippen molar-refractivity contribution in [1.29, 1.82) is 0 Å². The van der Waals surface area contributed by atoms with E-state index in [2.05, 4.69) is 44.9 Å². The highest BCUT2D eigenvalue weighted by molar-refractivity contribution is 5.86. The second-order valence-electron chi connectivity index (χ2n) is 6.81. The van der Waals surface area contributed by atoms with Gasteiger partial charge < -0.3 is 5.32 Å². The Hall–Kier alpha value is -3.35. The molecule has 142 valence electrons. The van der Waals surface area contributed by atoms with Gasteiger partial charge in [0, 0.05) is 6.54 Å². The summed E-state index contributed by atoms with van der Waals surface area (Å²) in [4.78, 5) is 0. The standard InChI is InChI=1S/C21H21FN6/c1-14-5-3-4-6-17(14)11-12-23-21-20-19(15(2)24-26-21)25-27-28(20)13-16-7-9-18(22)10-8-16/h3-10H,11-13H2,1-2H3,(H,23,26). The van der Waals surface area contributed by atoms with Gasteiger partial charge in [0.25, 0.3) is 0 Å². The third-order valence-electron chi connectivity index (χ3n) is 4.80. The highest BCUT2D eigenvalue weighted by Gasteiger charge is 2.15.